The van der Waals surface area contributed by atoms with E-state index in [9.17, 15) is 9.59 Å². The third-order valence-electron chi connectivity index (χ3n) is 8.45. The normalized spacial score (nSPS) is 17.4. The maximum Gasteiger partial charge on any atom is 0.335 e. The molecule has 0 radical (unpaired) electrons. The van der Waals surface area contributed by atoms with Crippen LogP contribution in [0.5, 0.6) is 11.5 Å². The van der Waals surface area contributed by atoms with Crippen LogP contribution >= 0.6 is 0 Å². The quantitative estimate of drug-likeness (QED) is 0.0454. The fourth-order valence-corrected chi connectivity index (χ4v) is 5.72. The summed E-state index contributed by atoms with van der Waals surface area (Å²) in [5, 5.41) is 0. The van der Waals surface area contributed by atoms with Gasteiger partial charge in [0.2, 0.25) is 12.6 Å². The van der Waals surface area contributed by atoms with Gasteiger partial charge in [0.1, 0.15) is 11.5 Å². The van der Waals surface area contributed by atoms with E-state index in [0.717, 1.165) is 11.1 Å². The highest BCUT2D eigenvalue weighted by Crippen LogP contribution is 2.34. The predicted octanol–water partition coefficient (Wildman–Crippen LogP) is 8.96. The van der Waals surface area contributed by atoms with E-state index < -0.39 is 81.1 Å². The first-order chi connectivity index (χ1) is 27.9. The smallest absolute Gasteiger partial charge is 0.335 e. The van der Waals surface area contributed by atoms with Crippen molar-refractivity contribution in [3.63, 3.8) is 0 Å². The number of hydrogen-bond donors (Lipinski definition) is 0. The largest absolute Gasteiger partial charge is 0.465 e. The lowest BCUT2D eigenvalue weighted by molar-refractivity contribution is -0.341. The molecule has 0 saturated carbocycles. The van der Waals surface area contributed by atoms with Crippen LogP contribution in [0.15, 0.2) is 72.8 Å². The molecule has 0 aliphatic carbocycles. The molecule has 338 valence electrons. The van der Waals surface area contributed by atoms with E-state index >= 15 is 0 Å². The van der Waals surface area contributed by atoms with Crippen molar-refractivity contribution in [1.29, 1.82) is 0 Å². The van der Waals surface area contributed by atoms with Crippen molar-refractivity contribution in [3.8, 4) is 11.5 Å². The first-order valence-electron chi connectivity index (χ1n) is 20.1. The van der Waals surface area contributed by atoms with Crippen LogP contribution in [0.2, 0.25) is 0 Å². The fraction of sp³-hybridized carbons (Fsp3) is 0.600. The summed E-state index contributed by atoms with van der Waals surface area (Å²) in [6.07, 6.45) is -7.75. The van der Waals surface area contributed by atoms with Crippen LogP contribution in [0.4, 0.5) is 0 Å². The van der Waals surface area contributed by atoms with Gasteiger partial charge in [-0.15, -0.1) is 0 Å². The number of ether oxygens (including phenoxy) is 13. The number of carbonyl (C=O) groups excluding carboxylic acids is 2. The van der Waals surface area contributed by atoms with Crippen LogP contribution in [0.25, 0.3) is 0 Å². The topological polar surface area (TPSA) is 154 Å². The second-order valence-corrected chi connectivity index (χ2v) is 14.7. The lowest BCUT2D eigenvalue weighted by Gasteiger charge is -2.28. The van der Waals surface area contributed by atoms with Gasteiger partial charge in [-0.05, 0) is 125 Å². The molecule has 0 N–H and O–H groups in total. The minimum absolute atomic E-state index is 0.270. The van der Waals surface area contributed by atoms with E-state index in [-0.39, 0.29) is 16.6 Å². The Bertz CT molecular complexity index is 1610. The summed E-state index contributed by atoms with van der Waals surface area (Å²) in [6, 6.07) is 15.7. The average molecular weight is 849 g/mol. The zero-order valence-corrected chi connectivity index (χ0v) is 38.0. The minimum Gasteiger partial charge on any atom is -0.465 e. The predicted molar refractivity (Wildman–Crippen MR) is 222 cm³/mol. The van der Waals surface area contributed by atoms with Gasteiger partial charge in [-0.1, -0.05) is 51.3 Å². The summed E-state index contributed by atoms with van der Waals surface area (Å²) < 4.78 is 73.7. The summed E-state index contributed by atoms with van der Waals surface area (Å²) in [7, 11) is 0. The second kappa shape index (κ2) is 25.1. The molecule has 60 heavy (non-hydrogen) atoms. The Kier molecular flexibility index (Phi) is 21.9. The van der Waals surface area contributed by atoms with Crippen molar-refractivity contribution in [2.24, 2.45) is 0 Å². The third kappa shape index (κ3) is 19.7. The molecule has 0 saturated heterocycles. The molecule has 11 unspecified atom stereocenters. The third-order valence-corrected chi connectivity index (χ3v) is 8.45. The highest BCUT2D eigenvalue weighted by Gasteiger charge is 2.25. The first kappa shape index (κ1) is 52.2. The molecular formula is C45H68O15. The number of benzene rings is 2. The van der Waals surface area contributed by atoms with Crippen molar-refractivity contribution in [2.75, 3.05) is 0 Å². The maximum atomic E-state index is 11.7. The number of rotatable bonds is 28. The Morgan fingerprint density at radius 2 is 0.617 bits per heavy atom. The standard InChI is InChI=1S/C45H68O15/c1-26(2)43(46)59-37(14)55-33(10)52-31(8)50-29(6)48-28(5)49-30(7)51-32(9)53-35(12)57-41-22-18-39(19-23-41)45(16,17)40-20-24-42(25-21-40)58-36(13)54-34(11)56-38(15)60-44(47)27(3)4/h18-25,28-38H,1,3H2,2,4-17H3. The highest BCUT2D eigenvalue weighted by molar-refractivity contribution is 5.87. The maximum absolute atomic E-state index is 11.7. The lowest BCUT2D eigenvalue weighted by atomic mass is 9.78. The number of carbonyl (C=O) groups is 2. The van der Waals surface area contributed by atoms with Crippen molar-refractivity contribution in [1.82, 2.24) is 0 Å². The molecule has 15 heteroatoms. The highest BCUT2D eigenvalue weighted by atomic mass is 16.9. The molecule has 0 fully saturated rings. The molecule has 2 aromatic rings. The van der Waals surface area contributed by atoms with Gasteiger partial charge in [-0.3, -0.25) is 0 Å². The minimum atomic E-state index is -0.834. The van der Waals surface area contributed by atoms with Crippen molar-refractivity contribution < 1.29 is 71.2 Å². The summed E-state index contributed by atoms with van der Waals surface area (Å²) in [6.45, 7) is 33.2. The van der Waals surface area contributed by atoms with E-state index in [0.29, 0.717) is 11.5 Å². The van der Waals surface area contributed by atoms with E-state index in [1.54, 1.807) is 90.0 Å². The Morgan fingerprint density at radius 3 is 0.850 bits per heavy atom. The Labute approximate surface area is 356 Å². The SMILES string of the molecule is C=C(C)C(=O)OC(C)OC(C)OC(C)Oc1ccc(C(C)(C)c2ccc(OC(C)OC(C)OC(C)OC(C)OC(C)OC(C)OC(C)OC(C)OC(=O)C(=C)C)cc2)cc1. The first-order valence-corrected chi connectivity index (χ1v) is 20.1. The number of esters is 2. The molecule has 0 aliphatic rings. The van der Waals surface area contributed by atoms with Crippen LogP contribution in [-0.4, -0.2) is 81.1 Å². The Morgan fingerprint density at radius 1 is 0.400 bits per heavy atom. The van der Waals surface area contributed by atoms with Gasteiger partial charge < -0.3 is 61.6 Å². The molecular weight excluding hydrogens is 780 g/mol. The molecule has 0 aromatic heterocycles. The van der Waals surface area contributed by atoms with Gasteiger partial charge in [0.25, 0.3) is 0 Å². The molecule has 11 atom stereocenters. The molecule has 2 rings (SSSR count). The fourth-order valence-electron chi connectivity index (χ4n) is 5.72. The molecule has 0 spiro atoms. The van der Waals surface area contributed by atoms with Crippen LogP contribution in [0, 0.1) is 0 Å². The Balaban J connectivity index is 1.77. The van der Waals surface area contributed by atoms with Crippen LogP contribution in [0.1, 0.15) is 115 Å². The molecule has 2 aromatic carbocycles. The summed E-state index contributed by atoms with van der Waals surface area (Å²) in [5.74, 6) is 0.174. The van der Waals surface area contributed by atoms with Crippen LogP contribution in [0.3, 0.4) is 0 Å². The molecule has 15 nitrogen and oxygen atoms in total. The van der Waals surface area contributed by atoms with Gasteiger partial charge in [0.15, 0.2) is 56.6 Å². The average Bonchev–Trinajstić information content (AvgIpc) is 3.10. The molecule has 0 heterocycles. The zero-order valence-electron chi connectivity index (χ0n) is 38.0. The van der Waals surface area contributed by atoms with Gasteiger partial charge in [0, 0.05) is 16.6 Å². The van der Waals surface area contributed by atoms with E-state index in [1.807, 2.05) is 48.5 Å². The van der Waals surface area contributed by atoms with Gasteiger partial charge in [-0.2, -0.15) is 0 Å². The van der Waals surface area contributed by atoms with Crippen LogP contribution in [-0.2, 0) is 67.1 Å². The summed E-state index contributed by atoms with van der Waals surface area (Å²) >= 11 is 0. The van der Waals surface area contributed by atoms with E-state index in [4.69, 9.17) is 61.6 Å². The Hall–Kier alpha value is -3.90. The summed E-state index contributed by atoms with van der Waals surface area (Å²) in [4.78, 5) is 23.4. The molecule has 0 aliphatic heterocycles. The van der Waals surface area contributed by atoms with E-state index in [2.05, 4.69) is 27.0 Å². The molecule has 0 bridgehead atoms. The van der Waals surface area contributed by atoms with Crippen molar-refractivity contribution in [2.45, 2.75) is 178 Å². The van der Waals surface area contributed by atoms with E-state index in [1.165, 1.54) is 0 Å². The van der Waals surface area contributed by atoms with Crippen molar-refractivity contribution >= 4 is 11.9 Å². The second-order valence-electron chi connectivity index (χ2n) is 14.7. The van der Waals surface area contributed by atoms with Gasteiger partial charge in [-0.25, -0.2) is 9.59 Å². The number of hydrogen-bond acceptors (Lipinski definition) is 15. The lowest BCUT2D eigenvalue weighted by Crippen LogP contribution is -2.33. The zero-order chi connectivity index (χ0) is 45.3. The molecule has 0 amide bonds. The van der Waals surface area contributed by atoms with Crippen molar-refractivity contribution in [3.05, 3.63) is 84.0 Å². The van der Waals surface area contributed by atoms with Gasteiger partial charge in [0.05, 0.1) is 0 Å². The van der Waals surface area contributed by atoms with Crippen LogP contribution < -0.4 is 9.47 Å². The monoisotopic (exact) mass is 848 g/mol. The summed E-state index contributed by atoms with van der Waals surface area (Å²) in [5.41, 5.74) is 2.39. The van der Waals surface area contributed by atoms with Gasteiger partial charge >= 0.3 is 11.9 Å².